The Balaban J connectivity index is 2.24. The van der Waals surface area contributed by atoms with Crippen molar-refractivity contribution >= 4 is 12.0 Å². The molecule has 0 fully saturated rings. The van der Waals surface area contributed by atoms with Crippen molar-refractivity contribution in [2.24, 2.45) is 4.99 Å². The van der Waals surface area contributed by atoms with Crippen LogP contribution in [0.4, 0.5) is 10.1 Å². The Labute approximate surface area is 122 Å². The third-order valence-corrected chi connectivity index (χ3v) is 2.86. The monoisotopic (exact) mass is 288 g/mol. The van der Waals surface area contributed by atoms with E-state index in [0.717, 1.165) is 5.56 Å². The second-order valence-corrected chi connectivity index (χ2v) is 4.44. The Bertz CT molecular complexity index is 657. The third-order valence-electron chi connectivity index (χ3n) is 2.86. The fourth-order valence-electron chi connectivity index (χ4n) is 1.76. The minimum atomic E-state index is -0.480. The Hall–Kier alpha value is -2.56. The molecule has 0 heterocycles. The van der Waals surface area contributed by atoms with E-state index in [1.165, 1.54) is 18.2 Å². The number of anilines is 1. The number of aryl methyl sites for hydroxylation is 1. The second-order valence-electron chi connectivity index (χ2n) is 4.44. The molecule has 0 unspecified atom stereocenters. The van der Waals surface area contributed by atoms with Gasteiger partial charge < -0.3 is 15.2 Å². The summed E-state index contributed by atoms with van der Waals surface area (Å²) < 4.78 is 19.0. The van der Waals surface area contributed by atoms with E-state index in [1.54, 1.807) is 24.5 Å². The van der Waals surface area contributed by atoms with Crippen molar-refractivity contribution in [3.05, 3.63) is 47.8 Å². The van der Waals surface area contributed by atoms with E-state index >= 15 is 0 Å². The standard InChI is InChI=1S/C16H17FN2O2/c1-3-18-10-19-13-9-14(20)16(8-11(13)2)21-15-7-5-4-6-12(15)17/h4-10,20H,3H2,1-2H3,(H,18,19). The van der Waals surface area contributed by atoms with Crippen LogP contribution in [0.5, 0.6) is 17.2 Å². The molecule has 0 atom stereocenters. The maximum Gasteiger partial charge on any atom is 0.169 e. The number of nitrogens with zero attached hydrogens (tertiary/aromatic N) is 1. The lowest BCUT2D eigenvalue weighted by Gasteiger charge is -2.12. The van der Waals surface area contributed by atoms with E-state index in [2.05, 4.69) is 10.3 Å². The van der Waals surface area contributed by atoms with Crippen LogP contribution in [-0.2, 0) is 0 Å². The molecule has 0 aromatic heterocycles. The Kier molecular flexibility index (Phi) is 4.77. The molecule has 2 rings (SSSR count). The molecule has 0 amide bonds. The van der Waals surface area contributed by atoms with Crippen molar-refractivity contribution < 1.29 is 14.2 Å². The smallest absolute Gasteiger partial charge is 0.169 e. The lowest BCUT2D eigenvalue weighted by Crippen LogP contribution is -1.98. The van der Waals surface area contributed by atoms with Gasteiger partial charge in [0.2, 0.25) is 0 Å². The molecule has 0 radical (unpaired) electrons. The Morgan fingerprint density at radius 2 is 2.05 bits per heavy atom. The molecule has 0 aliphatic heterocycles. The number of benzene rings is 2. The van der Waals surface area contributed by atoms with E-state index < -0.39 is 5.82 Å². The van der Waals surface area contributed by atoms with Gasteiger partial charge in [0.1, 0.15) is 0 Å². The molecule has 21 heavy (non-hydrogen) atoms. The summed E-state index contributed by atoms with van der Waals surface area (Å²) in [5.74, 6) is -0.279. The predicted octanol–water partition coefficient (Wildman–Crippen LogP) is 4.09. The molecule has 4 nitrogen and oxygen atoms in total. The topological polar surface area (TPSA) is 53.9 Å². The molecule has 2 aromatic carbocycles. The van der Waals surface area contributed by atoms with Crippen LogP contribution in [0.25, 0.3) is 0 Å². The quantitative estimate of drug-likeness (QED) is 0.643. The largest absolute Gasteiger partial charge is 0.504 e. The molecule has 110 valence electrons. The molecular formula is C16H17FN2O2. The molecule has 0 saturated carbocycles. The summed E-state index contributed by atoms with van der Waals surface area (Å²) in [4.78, 5) is 4.04. The van der Waals surface area contributed by atoms with Crippen molar-refractivity contribution in [3.63, 3.8) is 0 Å². The van der Waals surface area contributed by atoms with E-state index in [0.29, 0.717) is 12.2 Å². The van der Waals surface area contributed by atoms with Crippen LogP contribution < -0.4 is 10.1 Å². The summed E-state index contributed by atoms with van der Waals surface area (Å²) in [6.07, 6.45) is 1.57. The minimum absolute atomic E-state index is 0.0699. The summed E-state index contributed by atoms with van der Waals surface area (Å²) in [6, 6.07) is 9.21. The first kappa shape index (κ1) is 14.8. The van der Waals surface area contributed by atoms with Crippen LogP contribution in [-0.4, -0.2) is 18.0 Å². The average molecular weight is 288 g/mol. The van der Waals surface area contributed by atoms with E-state index in [-0.39, 0.29) is 17.2 Å². The Morgan fingerprint density at radius 1 is 1.29 bits per heavy atom. The van der Waals surface area contributed by atoms with Crippen LogP contribution in [0.3, 0.4) is 0 Å². The number of phenolic OH excluding ortho intramolecular Hbond substituents is 1. The van der Waals surface area contributed by atoms with Gasteiger partial charge in [0, 0.05) is 18.3 Å². The van der Waals surface area contributed by atoms with Crippen molar-refractivity contribution in [2.75, 3.05) is 11.9 Å². The lowest BCUT2D eigenvalue weighted by molar-refractivity contribution is 0.396. The van der Waals surface area contributed by atoms with Crippen molar-refractivity contribution in [1.82, 2.24) is 0 Å². The van der Waals surface area contributed by atoms with Gasteiger partial charge in [-0.05, 0) is 37.6 Å². The first-order valence-corrected chi connectivity index (χ1v) is 6.62. The molecule has 2 N–H and O–H groups in total. The van der Waals surface area contributed by atoms with Gasteiger partial charge in [-0.25, -0.2) is 4.39 Å². The zero-order valence-corrected chi connectivity index (χ0v) is 11.9. The number of hydrogen-bond acceptors (Lipinski definition) is 3. The van der Waals surface area contributed by atoms with Gasteiger partial charge in [0.15, 0.2) is 23.1 Å². The molecular weight excluding hydrogens is 271 g/mol. The number of nitrogens with one attached hydrogen (secondary N) is 1. The van der Waals surface area contributed by atoms with Crippen molar-refractivity contribution in [3.8, 4) is 17.2 Å². The van der Waals surface area contributed by atoms with Gasteiger partial charge in [-0.1, -0.05) is 12.1 Å². The van der Waals surface area contributed by atoms with Gasteiger partial charge in [-0.15, -0.1) is 0 Å². The fourth-order valence-corrected chi connectivity index (χ4v) is 1.76. The zero-order chi connectivity index (χ0) is 15.2. The number of para-hydroxylation sites is 1. The SMILES string of the molecule is CCN=CNc1cc(O)c(Oc2ccccc2F)cc1C. The molecule has 2 aromatic rings. The fraction of sp³-hybridized carbons (Fsp3) is 0.188. The second kappa shape index (κ2) is 6.74. The van der Waals surface area contributed by atoms with E-state index in [1.807, 2.05) is 13.8 Å². The highest BCUT2D eigenvalue weighted by Gasteiger charge is 2.10. The number of aliphatic imine (C=N–C) groups is 1. The summed E-state index contributed by atoms with van der Waals surface area (Å²) >= 11 is 0. The normalized spacial score (nSPS) is 10.8. The van der Waals surface area contributed by atoms with Gasteiger partial charge in [0.05, 0.1) is 6.34 Å². The highest BCUT2D eigenvalue weighted by atomic mass is 19.1. The zero-order valence-electron chi connectivity index (χ0n) is 11.9. The third kappa shape index (κ3) is 3.72. The number of aromatic hydroxyl groups is 1. The van der Waals surface area contributed by atoms with E-state index in [9.17, 15) is 9.50 Å². The van der Waals surface area contributed by atoms with Crippen LogP contribution in [0.2, 0.25) is 0 Å². The highest BCUT2D eigenvalue weighted by molar-refractivity contribution is 5.78. The molecule has 0 aliphatic rings. The summed E-state index contributed by atoms with van der Waals surface area (Å²) in [7, 11) is 0. The molecule has 0 bridgehead atoms. The highest BCUT2D eigenvalue weighted by Crippen LogP contribution is 2.35. The van der Waals surface area contributed by atoms with Crippen LogP contribution in [0, 0.1) is 12.7 Å². The minimum Gasteiger partial charge on any atom is -0.504 e. The van der Waals surface area contributed by atoms with E-state index in [4.69, 9.17) is 4.74 Å². The number of ether oxygens (including phenoxy) is 1. The number of phenols is 1. The first-order valence-electron chi connectivity index (χ1n) is 6.62. The van der Waals surface area contributed by atoms with Gasteiger partial charge >= 0.3 is 0 Å². The molecule has 0 saturated heterocycles. The Morgan fingerprint density at radius 3 is 2.76 bits per heavy atom. The number of rotatable bonds is 5. The predicted molar refractivity (Wildman–Crippen MR) is 82.0 cm³/mol. The summed E-state index contributed by atoms with van der Waals surface area (Å²) in [5.41, 5.74) is 1.56. The van der Waals surface area contributed by atoms with Crippen LogP contribution >= 0.6 is 0 Å². The molecule has 5 heteroatoms. The van der Waals surface area contributed by atoms with Crippen LogP contribution in [0.1, 0.15) is 12.5 Å². The van der Waals surface area contributed by atoms with Gasteiger partial charge in [-0.3, -0.25) is 4.99 Å². The first-order chi connectivity index (χ1) is 10.1. The van der Waals surface area contributed by atoms with Crippen molar-refractivity contribution in [1.29, 1.82) is 0 Å². The molecule has 0 spiro atoms. The number of halogens is 1. The lowest BCUT2D eigenvalue weighted by atomic mass is 10.1. The average Bonchev–Trinajstić information content (AvgIpc) is 2.46. The maximum atomic E-state index is 13.6. The molecule has 0 aliphatic carbocycles. The van der Waals surface area contributed by atoms with Crippen molar-refractivity contribution in [2.45, 2.75) is 13.8 Å². The summed E-state index contributed by atoms with van der Waals surface area (Å²) in [6.45, 7) is 4.45. The van der Waals surface area contributed by atoms with Gasteiger partial charge in [0.25, 0.3) is 0 Å². The number of hydrogen-bond donors (Lipinski definition) is 2. The van der Waals surface area contributed by atoms with Gasteiger partial charge in [-0.2, -0.15) is 0 Å². The summed E-state index contributed by atoms with van der Waals surface area (Å²) in [5, 5.41) is 13.0. The maximum absolute atomic E-state index is 13.6. The van der Waals surface area contributed by atoms with Crippen LogP contribution in [0.15, 0.2) is 41.4 Å².